The molecule has 10 rings (SSSR count). The van der Waals surface area contributed by atoms with Crippen molar-refractivity contribution in [1.29, 1.82) is 0 Å². The molecule has 0 fully saturated rings. The van der Waals surface area contributed by atoms with Crippen molar-refractivity contribution in [1.82, 2.24) is 9.97 Å². The van der Waals surface area contributed by atoms with Crippen LogP contribution in [0, 0.1) is 0 Å². The molecule has 0 amide bonds. The number of furan rings is 1. The van der Waals surface area contributed by atoms with Gasteiger partial charge in [0, 0.05) is 27.5 Å². The van der Waals surface area contributed by atoms with Crippen LogP contribution in [0.25, 0.3) is 100 Å². The Hall–Kier alpha value is -7.36. The van der Waals surface area contributed by atoms with E-state index in [-0.39, 0.29) is 0 Å². The third-order valence-corrected chi connectivity index (χ3v) is 10.3. The molecule has 0 aliphatic heterocycles. The molecule has 3 nitrogen and oxygen atoms in total. The number of hydrogen-bond acceptors (Lipinski definition) is 3. The van der Waals surface area contributed by atoms with E-state index < -0.39 is 0 Å². The van der Waals surface area contributed by atoms with Crippen LogP contribution < -0.4 is 0 Å². The maximum Gasteiger partial charge on any atom is 0.160 e. The van der Waals surface area contributed by atoms with Gasteiger partial charge in [-0.15, -0.1) is 0 Å². The molecule has 55 heavy (non-hydrogen) atoms. The van der Waals surface area contributed by atoms with Gasteiger partial charge in [0.2, 0.25) is 0 Å². The highest BCUT2D eigenvalue weighted by molar-refractivity contribution is 6.05. The predicted octanol–water partition coefficient (Wildman–Crippen LogP) is 14.0. The summed E-state index contributed by atoms with van der Waals surface area (Å²) in [5.41, 5.74) is 15.7. The lowest BCUT2D eigenvalue weighted by atomic mass is 9.93. The number of hydrogen-bond donors (Lipinski definition) is 0. The van der Waals surface area contributed by atoms with E-state index in [4.69, 9.17) is 14.4 Å². The number of para-hydroxylation sites is 1. The highest BCUT2D eigenvalue weighted by Gasteiger charge is 2.15. The third-order valence-electron chi connectivity index (χ3n) is 10.3. The molecule has 0 atom stereocenters. The van der Waals surface area contributed by atoms with Crippen molar-refractivity contribution in [3.05, 3.63) is 206 Å². The second-order valence-electron chi connectivity index (χ2n) is 13.8. The van der Waals surface area contributed by atoms with Crippen LogP contribution in [0.4, 0.5) is 0 Å². The molecule has 8 aromatic carbocycles. The lowest BCUT2D eigenvalue weighted by Gasteiger charge is -2.13. The minimum absolute atomic E-state index is 0.669. The normalized spacial score (nSPS) is 11.3. The molecular weight excluding hydrogens is 669 g/mol. The van der Waals surface area contributed by atoms with Crippen molar-refractivity contribution >= 4 is 21.9 Å². The van der Waals surface area contributed by atoms with E-state index in [0.29, 0.717) is 5.82 Å². The van der Waals surface area contributed by atoms with Crippen molar-refractivity contribution in [3.63, 3.8) is 0 Å². The van der Waals surface area contributed by atoms with Gasteiger partial charge in [-0.2, -0.15) is 0 Å². The van der Waals surface area contributed by atoms with E-state index in [2.05, 4.69) is 182 Å². The van der Waals surface area contributed by atoms with Crippen molar-refractivity contribution in [2.75, 3.05) is 0 Å². The van der Waals surface area contributed by atoms with Crippen molar-refractivity contribution in [2.24, 2.45) is 0 Å². The standard InChI is InChI=1S/C52H34N2O/c1-4-13-35(14-5-1)40-19-12-20-42(29-40)52-53-48(34-49(54-52)41-27-28-47-46-21-10-11-22-50(46)55-51(47)33-41)39-25-23-38(24-26-39)45-31-43(36-15-6-2-7-16-36)30-44(32-45)37-17-8-3-9-18-37/h1-34H. The molecular formula is C52H34N2O. The number of fused-ring (bicyclic) bond motifs is 3. The number of rotatable bonds is 7. The topological polar surface area (TPSA) is 38.9 Å². The third kappa shape index (κ3) is 6.39. The smallest absolute Gasteiger partial charge is 0.160 e. The van der Waals surface area contributed by atoms with E-state index in [1.807, 2.05) is 24.3 Å². The molecule has 0 aliphatic rings. The molecule has 2 heterocycles. The molecule has 0 saturated carbocycles. The fourth-order valence-corrected chi connectivity index (χ4v) is 7.45. The number of nitrogens with zero attached hydrogens (tertiary/aromatic N) is 2. The summed E-state index contributed by atoms with van der Waals surface area (Å²) in [6, 6.07) is 72.3. The average molecular weight is 703 g/mol. The minimum atomic E-state index is 0.669. The Bertz CT molecular complexity index is 2890. The van der Waals surface area contributed by atoms with Gasteiger partial charge in [-0.05, 0) is 93.0 Å². The second-order valence-corrected chi connectivity index (χ2v) is 13.8. The van der Waals surface area contributed by atoms with Crippen LogP contribution >= 0.6 is 0 Å². The Morgan fingerprint density at radius 3 is 1.33 bits per heavy atom. The Morgan fingerprint density at radius 2 is 0.691 bits per heavy atom. The highest BCUT2D eigenvalue weighted by Crippen LogP contribution is 2.36. The van der Waals surface area contributed by atoms with Gasteiger partial charge in [0.05, 0.1) is 11.4 Å². The summed E-state index contributed by atoms with van der Waals surface area (Å²) in [5.74, 6) is 0.669. The number of benzene rings is 8. The van der Waals surface area contributed by atoms with E-state index in [1.165, 1.54) is 22.3 Å². The summed E-state index contributed by atoms with van der Waals surface area (Å²) in [6.45, 7) is 0. The molecule has 0 radical (unpaired) electrons. The lowest BCUT2D eigenvalue weighted by molar-refractivity contribution is 0.669. The van der Waals surface area contributed by atoms with Crippen LogP contribution in [0.15, 0.2) is 211 Å². The first-order valence-electron chi connectivity index (χ1n) is 18.6. The molecule has 0 aliphatic carbocycles. The molecule has 10 aromatic rings. The van der Waals surface area contributed by atoms with Gasteiger partial charge in [-0.25, -0.2) is 9.97 Å². The van der Waals surface area contributed by atoms with Gasteiger partial charge >= 0.3 is 0 Å². The summed E-state index contributed by atoms with van der Waals surface area (Å²) < 4.78 is 6.29. The Morgan fingerprint density at radius 1 is 0.255 bits per heavy atom. The van der Waals surface area contributed by atoms with E-state index in [9.17, 15) is 0 Å². The molecule has 0 saturated heterocycles. The quantitative estimate of drug-likeness (QED) is 0.166. The summed E-state index contributed by atoms with van der Waals surface area (Å²) in [7, 11) is 0. The Labute approximate surface area is 319 Å². The van der Waals surface area contributed by atoms with Gasteiger partial charge in [0.25, 0.3) is 0 Å². The summed E-state index contributed by atoms with van der Waals surface area (Å²) in [6.07, 6.45) is 0. The molecule has 258 valence electrons. The molecule has 0 spiro atoms. The van der Waals surface area contributed by atoms with Crippen LogP contribution in [-0.4, -0.2) is 9.97 Å². The van der Waals surface area contributed by atoms with Crippen LogP contribution in [0.3, 0.4) is 0 Å². The zero-order chi connectivity index (χ0) is 36.6. The second kappa shape index (κ2) is 13.9. The van der Waals surface area contributed by atoms with Crippen LogP contribution in [0.2, 0.25) is 0 Å². The van der Waals surface area contributed by atoms with Gasteiger partial charge < -0.3 is 4.42 Å². The predicted molar refractivity (Wildman–Crippen MR) is 227 cm³/mol. The van der Waals surface area contributed by atoms with Crippen molar-refractivity contribution < 1.29 is 4.42 Å². The first-order chi connectivity index (χ1) is 27.2. The molecule has 0 unspecified atom stereocenters. The first kappa shape index (κ1) is 32.3. The van der Waals surface area contributed by atoms with Crippen molar-refractivity contribution in [3.8, 4) is 78.4 Å². The van der Waals surface area contributed by atoms with Crippen LogP contribution in [0.1, 0.15) is 0 Å². The maximum absolute atomic E-state index is 6.29. The Kier molecular flexibility index (Phi) is 8.16. The molecule has 0 bridgehead atoms. The zero-order valence-corrected chi connectivity index (χ0v) is 29.9. The van der Waals surface area contributed by atoms with Crippen LogP contribution in [-0.2, 0) is 0 Å². The monoisotopic (exact) mass is 702 g/mol. The average Bonchev–Trinajstić information content (AvgIpc) is 3.65. The summed E-state index contributed by atoms with van der Waals surface area (Å²) >= 11 is 0. The first-order valence-corrected chi connectivity index (χ1v) is 18.6. The van der Waals surface area contributed by atoms with Gasteiger partial charge in [0.1, 0.15) is 11.2 Å². The van der Waals surface area contributed by atoms with E-state index in [1.54, 1.807) is 0 Å². The van der Waals surface area contributed by atoms with Crippen LogP contribution in [0.5, 0.6) is 0 Å². The van der Waals surface area contributed by atoms with E-state index in [0.717, 1.165) is 72.3 Å². The van der Waals surface area contributed by atoms with Gasteiger partial charge in [-0.3, -0.25) is 0 Å². The Balaban J connectivity index is 1.08. The molecule has 3 heteroatoms. The summed E-state index contributed by atoms with van der Waals surface area (Å²) in [5, 5.41) is 2.20. The van der Waals surface area contributed by atoms with Crippen molar-refractivity contribution in [2.45, 2.75) is 0 Å². The van der Waals surface area contributed by atoms with Gasteiger partial charge in [-0.1, -0.05) is 158 Å². The zero-order valence-electron chi connectivity index (χ0n) is 29.9. The highest BCUT2D eigenvalue weighted by atomic mass is 16.3. The fraction of sp³-hybridized carbons (Fsp3) is 0. The van der Waals surface area contributed by atoms with Gasteiger partial charge in [0.15, 0.2) is 5.82 Å². The lowest BCUT2D eigenvalue weighted by Crippen LogP contribution is -1.96. The SMILES string of the molecule is c1ccc(-c2cc(-c3ccccc3)cc(-c3ccc(-c4cc(-c5ccc6c(c5)oc5ccccc56)nc(-c5cccc(-c6ccccc6)c5)n4)cc3)c2)cc1. The molecule has 0 N–H and O–H groups in total. The number of aromatic nitrogens is 2. The fourth-order valence-electron chi connectivity index (χ4n) is 7.45. The molecule has 2 aromatic heterocycles. The maximum atomic E-state index is 6.29. The largest absolute Gasteiger partial charge is 0.456 e. The van der Waals surface area contributed by atoms with E-state index >= 15 is 0 Å². The summed E-state index contributed by atoms with van der Waals surface area (Å²) in [4.78, 5) is 10.4. The minimum Gasteiger partial charge on any atom is -0.456 e.